The van der Waals surface area contributed by atoms with E-state index in [2.05, 4.69) is 26.2 Å². The average molecular weight is 343 g/mol. The van der Waals surface area contributed by atoms with Crippen LogP contribution in [0.2, 0.25) is 0 Å². The quantitative estimate of drug-likeness (QED) is 0.722. The van der Waals surface area contributed by atoms with E-state index in [-0.39, 0.29) is 0 Å². The van der Waals surface area contributed by atoms with Gasteiger partial charge in [0.2, 0.25) is 0 Å². The van der Waals surface area contributed by atoms with Gasteiger partial charge in [-0.15, -0.1) is 0 Å². The van der Waals surface area contributed by atoms with Gasteiger partial charge in [-0.25, -0.2) is 0 Å². The molecule has 0 aliphatic rings. The Bertz CT molecular complexity index is 802. The second-order valence-corrected chi connectivity index (χ2v) is 5.65. The van der Waals surface area contributed by atoms with Crippen LogP contribution in [-0.2, 0) is 0 Å². The fourth-order valence-electron chi connectivity index (χ4n) is 2.28. The molecule has 4 heteroatoms. The maximum absolute atomic E-state index is 5.27. The summed E-state index contributed by atoms with van der Waals surface area (Å²) in [6.07, 6.45) is 0. The number of rotatable bonds is 3. The first kappa shape index (κ1) is 13.9. The van der Waals surface area contributed by atoms with Gasteiger partial charge in [0, 0.05) is 27.3 Å². The van der Waals surface area contributed by atoms with Crippen molar-refractivity contribution in [3.8, 4) is 5.75 Å². The van der Waals surface area contributed by atoms with Gasteiger partial charge in [0.1, 0.15) is 5.75 Å². The molecule has 0 aliphatic carbocycles. The van der Waals surface area contributed by atoms with E-state index in [1.807, 2.05) is 55.5 Å². The van der Waals surface area contributed by atoms with Crippen molar-refractivity contribution in [2.75, 3.05) is 12.4 Å². The number of aromatic nitrogens is 1. The Kier molecular flexibility index (Phi) is 3.80. The van der Waals surface area contributed by atoms with Crippen LogP contribution in [0, 0.1) is 6.92 Å². The Balaban J connectivity index is 2.11. The van der Waals surface area contributed by atoms with Crippen LogP contribution in [0.5, 0.6) is 5.75 Å². The minimum Gasteiger partial charge on any atom is -0.497 e. The van der Waals surface area contributed by atoms with Crippen molar-refractivity contribution in [1.82, 2.24) is 4.98 Å². The van der Waals surface area contributed by atoms with Crippen LogP contribution in [0.3, 0.4) is 0 Å². The van der Waals surface area contributed by atoms with E-state index < -0.39 is 0 Å². The van der Waals surface area contributed by atoms with E-state index in [9.17, 15) is 0 Å². The lowest BCUT2D eigenvalue weighted by Gasteiger charge is -2.12. The molecular formula is C17H15BrN2O. The van der Waals surface area contributed by atoms with Gasteiger partial charge < -0.3 is 10.1 Å². The molecule has 2 aromatic carbocycles. The standard InChI is InChI=1S/C17H15BrN2O/c1-11-9-16(20-15-6-4-3-5-14(15)18)13-8-7-12(21-2)10-17(13)19-11/h3-10H,1-2H3,(H,19,20). The van der Waals surface area contributed by atoms with E-state index >= 15 is 0 Å². The van der Waals surface area contributed by atoms with Crippen molar-refractivity contribution in [2.24, 2.45) is 0 Å². The predicted molar refractivity (Wildman–Crippen MR) is 90.5 cm³/mol. The molecule has 0 unspecified atom stereocenters. The third kappa shape index (κ3) is 2.85. The molecule has 3 rings (SSSR count). The number of methoxy groups -OCH3 is 1. The summed E-state index contributed by atoms with van der Waals surface area (Å²) in [7, 11) is 1.66. The largest absolute Gasteiger partial charge is 0.497 e. The summed E-state index contributed by atoms with van der Waals surface area (Å²) in [5.41, 5.74) is 3.95. The Morgan fingerprint density at radius 1 is 1.05 bits per heavy atom. The normalized spacial score (nSPS) is 10.6. The Morgan fingerprint density at radius 2 is 1.86 bits per heavy atom. The average Bonchev–Trinajstić information content (AvgIpc) is 2.48. The van der Waals surface area contributed by atoms with E-state index in [1.54, 1.807) is 7.11 Å². The minimum absolute atomic E-state index is 0.812. The van der Waals surface area contributed by atoms with Gasteiger partial charge in [0.15, 0.2) is 0 Å². The molecule has 0 atom stereocenters. The predicted octanol–water partition coefficient (Wildman–Crippen LogP) is 5.06. The highest BCUT2D eigenvalue weighted by atomic mass is 79.9. The van der Waals surface area contributed by atoms with Crippen LogP contribution < -0.4 is 10.1 Å². The lowest BCUT2D eigenvalue weighted by atomic mass is 10.1. The van der Waals surface area contributed by atoms with E-state index in [0.29, 0.717) is 0 Å². The minimum atomic E-state index is 0.812. The molecule has 106 valence electrons. The topological polar surface area (TPSA) is 34.1 Å². The van der Waals surface area contributed by atoms with Crippen molar-refractivity contribution < 1.29 is 4.74 Å². The molecule has 0 saturated heterocycles. The second-order valence-electron chi connectivity index (χ2n) is 4.80. The van der Waals surface area contributed by atoms with Crippen LogP contribution in [0.4, 0.5) is 11.4 Å². The number of hydrogen-bond donors (Lipinski definition) is 1. The van der Waals surface area contributed by atoms with Crippen molar-refractivity contribution in [2.45, 2.75) is 6.92 Å². The Labute approximate surface area is 132 Å². The molecule has 1 N–H and O–H groups in total. The molecule has 3 aromatic rings. The molecule has 0 aliphatic heterocycles. The van der Waals surface area contributed by atoms with Crippen molar-refractivity contribution in [1.29, 1.82) is 0 Å². The Hall–Kier alpha value is -2.07. The summed E-state index contributed by atoms with van der Waals surface area (Å²) in [6, 6.07) is 16.0. The van der Waals surface area contributed by atoms with Crippen molar-refractivity contribution in [3.05, 3.63) is 58.7 Å². The van der Waals surface area contributed by atoms with Gasteiger partial charge in [-0.05, 0) is 53.2 Å². The molecule has 1 heterocycles. The van der Waals surface area contributed by atoms with Crippen LogP contribution in [0.25, 0.3) is 10.9 Å². The third-order valence-electron chi connectivity index (χ3n) is 3.29. The first-order chi connectivity index (χ1) is 10.2. The SMILES string of the molecule is COc1ccc2c(Nc3ccccc3Br)cc(C)nc2c1. The zero-order chi connectivity index (χ0) is 14.8. The molecule has 0 bridgehead atoms. The van der Waals surface area contributed by atoms with Crippen LogP contribution >= 0.6 is 15.9 Å². The molecule has 3 nitrogen and oxygen atoms in total. The monoisotopic (exact) mass is 342 g/mol. The van der Waals surface area contributed by atoms with Gasteiger partial charge >= 0.3 is 0 Å². The van der Waals surface area contributed by atoms with Gasteiger partial charge in [0.05, 0.1) is 18.3 Å². The zero-order valence-electron chi connectivity index (χ0n) is 11.9. The Morgan fingerprint density at radius 3 is 2.62 bits per heavy atom. The smallest absolute Gasteiger partial charge is 0.121 e. The summed E-state index contributed by atoms with van der Waals surface area (Å²) in [5.74, 6) is 0.812. The summed E-state index contributed by atoms with van der Waals surface area (Å²) < 4.78 is 6.30. The number of anilines is 2. The van der Waals surface area contributed by atoms with Crippen LogP contribution in [0.15, 0.2) is 53.0 Å². The summed E-state index contributed by atoms with van der Waals surface area (Å²) in [4.78, 5) is 4.58. The third-order valence-corrected chi connectivity index (χ3v) is 3.98. The molecule has 21 heavy (non-hydrogen) atoms. The number of benzene rings is 2. The highest BCUT2D eigenvalue weighted by molar-refractivity contribution is 9.10. The van der Waals surface area contributed by atoms with E-state index in [4.69, 9.17) is 4.74 Å². The zero-order valence-corrected chi connectivity index (χ0v) is 13.4. The molecule has 0 saturated carbocycles. The van der Waals surface area contributed by atoms with E-state index in [0.717, 1.165) is 38.2 Å². The lowest BCUT2D eigenvalue weighted by molar-refractivity contribution is 0.415. The van der Waals surface area contributed by atoms with Crippen molar-refractivity contribution in [3.63, 3.8) is 0 Å². The number of nitrogens with zero attached hydrogens (tertiary/aromatic N) is 1. The number of ether oxygens (including phenoxy) is 1. The van der Waals surface area contributed by atoms with Crippen molar-refractivity contribution >= 4 is 38.2 Å². The maximum Gasteiger partial charge on any atom is 0.121 e. The maximum atomic E-state index is 5.27. The van der Waals surface area contributed by atoms with Gasteiger partial charge in [-0.1, -0.05) is 12.1 Å². The second kappa shape index (κ2) is 5.74. The van der Waals surface area contributed by atoms with Gasteiger partial charge in [-0.2, -0.15) is 0 Å². The first-order valence-corrected chi connectivity index (χ1v) is 7.43. The fourth-order valence-corrected chi connectivity index (χ4v) is 2.66. The molecule has 1 aromatic heterocycles. The molecule has 0 radical (unpaired) electrons. The molecule has 0 spiro atoms. The van der Waals surface area contributed by atoms with Gasteiger partial charge in [-0.3, -0.25) is 4.98 Å². The highest BCUT2D eigenvalue weighted by Crippen LogP contribution is 2.31. The van der Waals surface area contributed by atoms with Crippen LogP contribution in [0.1, 0.15) is 5.69 Å². The highest BCUT2D eigenvalue weighted by Gasteiger charge is 2.07. The summed E-state index contributed by atoms with van der Waals surface area (Å²) >= 11 is 3.56. The first-order valence-electron chi connectivity index (χ1n) is 6.64. The number of halogens is 1. The van der Waals surface area contributed by atoms with E-state index in [1.165, 1.54) is 0 Å². The number of para-hydroxylation sites is 1. The number of fused-ring (bicyclic) bond motifs is 1. The number of nitrogens with one attached hydrogen (secondary N) is 1. The number of pyridine rings is 1. The molecule has 0 amide bonds. The summed E-state index contributed by atoms with van der Waals surface area (Å²) in [5, 5.41) is 4.53. The lowest BCUT2D eigenvalue weighted by Crippen LogP contribution is -1.96. The number of aryl methyl sites for hydroxylation is 1. The number of hydrogen-bond acceptors (Lipinski definition) is 3. The van der Waals surface area contributed by atoms with Crippen LogP contribution in [-0.4, -0.2) is 12.1 Å². The summed E-state index contributed by atoms with van der Waals surface area (Å²) in [6.45, 7) is 1.99. The molecule has 0 fully saturated rings. The molecular weight excluding hydrogens is 328 g/mol. The van der Waals surface area contributed by atoms with Gasteiger partial charge in [0.25, 0.3) is 0 Å². The fraction of sp³-hybridized carbons (Fsp3) is 0.118.